The van der Waals surface area contributed by atoms with E-state index < -0.39 is 12.1 Å². The highest BCUT2D eigenvalue weighted by molar-refractivity contribution is 5.96. The first-order chi connectivity index (χ1) is 12.7. The van der Waals surface area contributed by atoms with Crippen molar-refractivity contribution in [2.45, 2.75) is 25.5 Å². The SMILES string of the molecule is N#Cc1ccc(NC(=O)C2CCCN2C(=O)OCc2ccccc2)cc1. The van der Waals surface area contributed by atoms with Crippen molar-refractivity contribution in [3.63, 3.8) is 0 Å². The van der Waals surface area contributed by atoms with Gasteiger partial charge in [0.05, 0.1) is 11.6 Å². The molecule has 2 amide bonds. The van der Waals surface area contributed by atoms with Crippen LogP contribution in [-0.4, -0.2) is 29.5 Å². The van der Waals surface area contributed by atoms with Crippen LogP contribution < -0.4 is 5.32 Å². The maximum Gasteiger partial charge on any atom is 0.410 e. The second-order valence-corrected chi connectivity index (χ2v) is 6.07. The van der Waals surface area contributed by atoms with Gasteiger partial charge in [0.2, 0.25) is 5.91 Å². The lowest BCUT2D eigenvalue weighted by atomic mass is 10.2. The van der Waals surface area contributed by atoms with Crippen molar-refractivity contribution in [3.05, 3.63) is 65.7 Å². The largest absolute Gasteiger partial charge is 0.445 e. The van der Waals surface area contributed by atoms with Crippen LogP contribution in [0.2, 0.25) is 0 Å². The fraction of sp³-hybridized carbons (Fsp3) is 0.250. The monoisotopic (exact) mass is 349 g/mol. The molecule has 1 fully saturated rings. The Labute approximate surface area is 152 Å². The predicted molar refractivity (Wildman–Crippen MR) is 96.1 cm³/mol. The lowest BCUT2D eigenvalue weighted by Crippen LogP contribution is -2.43. The van der Waals surface area contributed by atoms with Crippen molar-refractivity contribution in [3.8, 4) is 6.07 Å². The quantitative estimate of drug-likeness (QED) is 0.918. The zero-order valence-electron chi connectivity index (χ0n) is 14.2. The standard InChI is InChI=1S/C20H19N3O3/c21-13-15-8-10-17(11-9-15)22-19(24)18-7-4-12-23(18)20(25)26-14-16-5-2-1-3-6-16/h1-3,5-6,8-11,18H,4,7,12,14H2,(H,22,24). The molecular weight excluding hydrogens is 330 g/mol. The van der Waals surface area contributed by atoms with Crippen LogP contribution in [0, 0.1) is 11.3 Å². The van der Waals surface area contributed by atoms with Gasteiger partial charge in [-0.05, 0) is 42.7 Å². The molecule has 132 valence electrons. The van der Waals surface area contributed by atoms with Gasteiger partial charge in [0.1, 0.15) is 12.6 Å². The van der Waals surface area contributed by atoms with Gasteiger partial charge >= 0.3 is 6.09 Å². The molecule has 0 radical (unpaired) electrons. The van der Waals surface area contributed by atoms with Crippen molar-refractivity contribution in [2.75, 3.05) is 11.9 Å². The third-order valence-electron chi connectivity index (χ3n) is 4.28. The van der Waals surface area contributed by atoms with E-state index in [4.69, 9.17) is 10.00 Å². The van der Waals surface area contributed by atoms with Gasteiger partial charge in [-0.3, -0.25) is 9.69 Å². The maximum absolute atomic E-state index is 12.5. The molecule has 6 nitrogen and oxygen atoms in total. The van der Waals surface area contributed by atoms with Gasteiger partial charge in [-0.2, -0.15) is 5.26 Å². The Morgan fingerprint density at radius 3 is 2.58 bits per heavy atom. The van der Waals surface area contributed by atoms with E-state index in [-0.39, 0.29) is 12.5 Å². The molecule has 2 aromatic carbocycles. The zero-order valence-corrected chi connectivity index (χ0v) is 14.2. The molecule has 1 heterocycles. The Morgan fingerprint density at radius 1 is 1.15 bits per heavy atom. The number of nitrogens with zero attached hydrogens (tertiary/aromatic N) is 2. The summed E-state index contributed by atoms with van der Waals surface area (Å²) in [6, 6.07) is 17.5. The van der Waals surface area contributed by atoms with Gasteiger partial charge < -0.3 is 10.1 Å². The summed E-state index contributed by atoms with van der Waals surface area (Å²) in [5.41, 5.74) is 2.02. The molecule has 1 aliphatic heterocycles. The lowest BCUT2D eigenvalue weighted by molar-refractivity contribution is -0.120. The molecule has 26 heavy (non-hydrogen) atoms. The van der Waals surface area contributed by atoms with Crippen molar-refractivity contribution in [1.29, 1.82) is 5.26 Å². The predicted octanol–water partition coefficient (Wildman–Crippen LogP) is 3.30. The number of hydrogen-bond acceptors (Lipinski definition) is 4. The second-order valence-electron chi connectivity index (χ2n) is 6.07. The normalized spacial score (nSPS) is 16.0. The van der Waals surface area contributed by atoms with Gasteiger partial charge in [-0.25, -0.2) is 4.79 Å². The molecule has 1 N–H and O–H groups in total. The van der Waals surface area contributed by atoms with E-state index in [1.807, 2.05) is 36.4 Å². The summed E-state index contributed by atoms with van der Waals surface area (Å²) in [6.07, 6.45) is 0.875. The Hall–Kier alpha value is -3.33. The minimum Gasteiger partial charge on any atom is -0.445 e. The highest BCUT2D eigenvalue weighted by Gasteiger charge is 2.35. The molecule has 1 unspecified atom stereocenters. The second kappa shape index (κ2) is 8.17. The third-order valence-corrected chi connectivity index (χ3v) is 4.28. The molecule has 0 bridgehead atoms. The van der Waals surface area contributed by atoms with Crippen molar-refractivity contribution >= 4 is 17.7 Å². The summed E-state index contributed by atoms with van der Waals surface area (Å²) in [6.45, 7) is 0.680. The van der Waals surface area contributed by atoms with Gasteiger partial charge in [0, 0.05) is 12.2 Å². The topological polar surface area (TPSA) is 82.4 Å². The van der Waals surface area contributed by atoms with E-state index in [1.165, 1.54) is 4.90 Å². The van der Waals surface area contributed by atoms with E-state index in [0.29, 0.717) is 24.2 Å². The number of carbonyl (C=O) groups excluding carboxylic acids is 2. The number of ether oxygens (including phenoxy) is 1. The van der Waals surface area contributed by atoms with E-state index in [9.17, 15) is 9.59 Å². The molecule has 0 aromatic heterocycles. The number of likely N-dealkylation sites (tertiary alicyclic amines) is 1. The Balaban J connectivity index is 1.58. The summed E-state index contributed by atoms with van der Waals surface area (Å²) in [5.74, 6) is -0.246. The first-order valence-electron chi connectivity index (χ1n) is 8.46. The molecule has 1 aliphatic rings. The minimum atomic E-state index is -0.547. The van der Waals surface area contributed by atoms with Crippen molar-refractivity contribution in [1.82, 2.24) is 4.90 Å². The van der Waals surface area contributed by atoms with Gasteiger partial charge in [-0.1, -0.05) is 30.3 Å². The molecule has 1 atom stereocenters. The number of rotatable bonds is 4. The smallest absolute Gasteiger partial charge is 0.410 e. The summed E-state index contributed by atoms with van der Waals surface area (Å²) in [5, 5.41) is 11.6. The third kappa shape index (κ3) is 4.19. The molecule has 0 spiro atoms. The fourth-order valence-corrected chi connectivity index (χ4v) is 2.91. The van der Waals surface area contributed by atoms with E-state index >= 15 is 0 Å². The first-order valence-corrected chi connectivity index (χ1v) is 8.46. The Bertz CT molecular complexity index is 812. The summed E-state index contributed by atoms with van der Waals surface area (Å²) in [7, 11) is 0. The number of nitriles is 1. The maximum atomic E-state index is 12.5. The van der Waals surface area contributed by atoms with E-state index in [2.05, 4.69) is 5.32 Å². The highest BCUT2D eigenvalue weighted by Crippen LogP contribution is 2.21. The van der Waals surface area contributed by atoms with Crippen LogP contribution in [0.15, 0.2) is 54.6 Å². The average Bonchev–Trinajstić information content (AvgIpc) is 3.17. The number of nitrogens with one attached hydrogen (secondary N) is 1. The van der Waals surface area contributed by atoms with Crippen LogP contribution in [0.25, 0.3) is 0 Å². The molecule has 2 aromatic rings. The molecule has 0 saturated carbocycles. The lowest BCUT2D eigenvalue weighted by Gasteiger charge is -2.23. The summed E-state index contributed by atoms with van der Waals surface area (Å²) in [4.78, 5) is 26.4. The van der Waals surface area contributed by atoms with Gasteiger partial charge in [-0.15, -0.1) is 0 Å². The van der Waals surface area contributed by atoms with Crippen LogP contribution in [0.3, 0.4) is 0 Å². The number of anilines is 1. The number of hydrogen-bond donors (Lipinski definition) is 1. The molecular formula is C20H19N3O3. The Kier molecular flexibility index (Phi) is 5.49. The van der Waals surface area contributed by atoms with E-state index in [1.54, 1.807) is 24.3 Å². The fourth-order valence-electron chi connectivity index (χ4n) is 2.91. The number of benzene rings is 2. The highest BCUT2D eigenvalue weighted by atomic mass is 16.6. The van der Waals surface area contributed by atoms with Gasteiger partial charge in [0.15, 0.2) is 0 Å². The number of amides is 2. The first kappa shape index (κ1) is 17.5. The minimum absolute atomic E-state index is 0.181. The van der Waals surface area contributed by atoms with Crippen LogP contribution in [0.5, 0.6) is 0 Å². The Morgan fingerprint density at radius 2 is 1.88 bits per heavy atom. The van der Waals surface area contributed by atoms with Gasteiger partial charge in [0.25, 0.3) is 0 Å². The molecule has 3 rings (SSSR count). The van der Waals surface area contributed by atoms with Crippen molar-refractivity contribution in [2.24, 2.45) is 0 Å². The van der Waals surface area contributed by atoms with Crippen LogP contribution >= 0.6 is 0 Å². The molecule has 0 aliphatic carbocycles. The zero-order chi connectivity index (χ0) is 18.4. The summed E-state index contributed by atoms with van der Waals surface area (Å²) >= 11 is 0. The number of carbonyl (C=O) groups is 2. The molecule has 1 saturated heterocycles. The van der Waals surface area contributed by atoms with Crippen molar-refractivity contribution < 1.29 is 14.3 Å². The molecule has 6 heteroatoms. The summed E-state index contributed by atoms with van der Waals surface area (Å²) < 4.78 is 5.34. The van der Waals surface area contributed by atoms with E-state index in [0.717, 1.165) is 12.0 Å². The average molecular weight is 349 g/mol. The van der Waals surface area contributed by atoms with Crippen LogP contribution in [0.1, 0.15) is 24.0 Å². The van der Waals surface area contributed by atoms with Crippen LogP contribution in [-0.2, 0) is 16.1 Å². The van der Waals surface area contributed by atoms with Crippen LogP contribution in [0.4, 0.5) is 10.5 Å².